The Labute approximate surface area is 166 Å². The maximum absolute atomic E-state index is 12.5. The van der Waals surface area contributed by atoms with Crippen molar-refractivity contribution in [2.75, 3.05) is 13.7 Å². The molecule has 1 N–H and O–H groups in total. The van der Waals surface area contributed by atoms with Crippen molar-refractivity contribution in [2.24, 2.45) is 16.5 Å². The molecular weight excluding hydrogens is 321 g/mol. The van der Waals surface area contributed by atoms with E-state index < -0.39 is 17.3 Å². The molecular formula is C17H26NNaO5. The van der Waals surface area contributed by atoms with Gasteiger partial charge in [-0.2, -0.15) is 0 Å². The Kier molecular flexibility index (Phi) is 9.55. The van der Waals surface area contributed by atoms with Crippen LogP contribution in [0.4, 0.5) is 0 Å². The summed E-state index contributed by atoms with van der Waals surface area (Å²) in [4.78, 5) is 29.7. The fourth-order valence-corrected chi connectivity index (χ4v) is 2.74. The summed E-state index contributed by atoms with van der Waals surface area (Å²) in [6.45, 7) is 9.16. The quantitative estimate of drug-likeness (QED) is 0.176. The molecule has 1 aliphatic carbocycles. The Morgan fingerprint density at radius 1 is 1.54 bits per heavy atom. The molecule has 0 radical (unpaired) electrons. The van der Waals surface area contributed by atoms with Crippen molar-refractivity contribution >= 4 is 17.5 Å². The number of hydrogen-bond acceptors (Lipinski definition) is 6. The summed E-state index contributed by atoms with van der Waals surface area (Å²) in [5, 5.41) is 14.5. The molecule has 1 aliphatic rings. The first-order valence-electron chi connectivity index (χ1n) is 7.64. The second-order valence-electron chi connectivity index (χ2n) is 6.18. The first kappa shape index (κ1) is 22.9. The molecule has 1 atom stereocenters. The van der Waals surface area contributed by atoms with Crippen molar-refractivity contribution in [1.82, 2.24) is 0 Å². The number of esters is 1. The number of ether oxygens (including phenoxy) is 1. The van der Waals surface area contributed by atoms with E-state index in [0.29, 0.717) is 18.6 Å². The van der Waals surface area contributed by atoms with Gasteiger partial charge in [0.15, 0.2) is 5.78 Å². The van der Waals surface area contributed by atoms with E-state index in [2.05, 4.69) is 11.7 Å². The Hall–Kier alpha value is -1.11. The molecule has 0 spiro atoms. The minimum absolute atomic E-state index is 0. The number of carbonyl (C=O) groups excluding carboxylic acids is 2. The first-order chi connectivity index (χ1) is 10.8. The SMILES string of the molecule is C=CCO/N=C(/CCC)C1=C(O)C(C(=O)OC)C(C)(C)CC1=O.[H-].[Na+]. The first-order valence-corrected chi connectivity index (χ1v) is 7.64. The molecule has 24 heavy (non-hydrogen) atoms. The van der Waals surface area contributed by atoms with E-state index in [1.54, 1.807) is 13.8 Å². The molecule has 1 unspecified atom stereocenters. The van der Waals surface area contributed by atoms with E-state index in [9.17, 15) is 14.7 Å². The zero-order valence-electron chi connectivity index (χ0n) is 16.2. The molecule has 0 aromatic carbocycles. The van der Waals surface area contributed by atoms with Gasteiger partial charge in [-0.1, -0.05) is 45.0 Å². The van der Waals surface area contributed by atoms with Crippen molar-refractivity contribution in [3.8, 4) is 0 Å². The van der Waals surface area contributed by atoms with Crippen LogP contribution in [0.1, 0.15) is 41.5 Å². The number of hydrogen-bond donors (Lipinski definition) is 1. The fraction of sp³-hybridized carbons (Fsp3) is 0.588. The number of Topliss-reactive ketones (excluding diaryl/α,β-unsaturated/α-hetero) is 1. The van der Waals surface area contributed by atoms with E-state index in [4.69, 9.17) is 9.57 Å². The van der Waals surface area contributed by atoms with Gasteiger partial charge in [-0.15, -0.1) is 0 Å². The molecule has 6 nitrogen and oxygen atoms in total. The molecule has 0 aromatic rings. The van der Waals surface area contributed by atoms with Gasteiger partial charge in [0, 0.05) is 6.42 Å². The van der Waals surface area contributed by atoms with E-state index >= 15 is 0 Å². The zero-order chi connectivity index (χ0) is 17.6. The molecule has 0 saturated heterocycles. The van der Waals surface area contributed by atoms with Crippen molar-refractivity contribution in [3.63, 3.8) is 0 Å². The van der Waals surface area contributed by atoms with Gasteiger partial charge in [-0.25, -0.2) is 0 Å². The smallest absolute Gasteiger partial charge is 1.00 e. The Bertz CT molecular complexity index is 557. The van der Waals surface area contributed by atoms with Crippen LogP contribution in [0, 0.1) is 11.3 Å². The van der Waals surface area contributed by atoms with Gasteiger partial charge in [0.05, 0.1) is 18.4 Å². The fourth-order valence-electron chi connectivity index (χ4n) is 2.74. The third-order valence-electron chi connectivity index (χ3n) is 3.79. The van der Waals surface area contributed by atoms with Crippen molar-refractivity contribution in [1.29, 1.82) is 0 Å². The number of rotatable bonds is 7. The number of aliphatic hydroxyl groups is 1. The van der Waals surface area contributed by atoms with Crippen LogP contribution < -0.4 is 29.6 Å². The Balaban J connectivity index is 0. The zero-order valence-corrected chi connectivity index (χ0v) is 17.2. The van der Waals surface area contributed by atoms with Gasteiger partial charge in [-0.05, 0) is 11.8 Å². The summed E-state index contributed by atoms with van der Waals surface area (Å²) >= 11 is 0. The predicted molar refractivity (Wildman–Crippen MR) is 88.2 cm³/mol. The number of methoxy groups -OCH3 is 1. The average Bonchev–Trinajstić information content (AvgIpc) is 2.45. The third-order valence-corrected chi connectivity index (χ3v) is 3.79. The minimum Gasteiger partial charge on any atom is -1.00 e. The number of oxime groups is 1. The van der Waals surface area contributed by atoms with Crippen LogP contribution in [0.3, 0.4) is 0 Å². The van der Waals surface area contributed by atoms with Gasteiger partial charge in [0.2, 0.25) is 0 Å². The summed E-state index contributed by atoms with van der Waals surface area (Å²) in [5.74, 6) is -2.00. The maximum atomic E-state index is 12.5. The van der Waals surface area contributed by atoms with Crippen LogP contribution in [0.5, 0.6) is 0 Å². The van der Waals surface area contributed by atoms with E-state index in [-0.39, 0.29) is 61.1 Å². The minimum atomic E-state index is -0.901. The van der Waals surface area contributed by atoms with Gasteiger partial charge in [0.1, 0.15) is 18.3 Å². The Morgan fingerprint density at radius 3 is 2.67 bits per heavy atom. The third kappa shape index (κ3) is 5.19. The monoisotopic (exact) mass is 347 g/mol. The normalized spacial score (nSPS) is 20.2. The van der Waals surface area contributed by atoms with Crippen LogP contribution in [0.2, 0.25) is 0 Å². The molecule has 0 fully saturated rings. The number of carbonyl (C=O) groups is 2. The maximum Gasteiger partial charge on any atom is 1.00 e. The number of allylic oxidation sites excluding steroid dienone is 1. The topological polar surface area (TPSA) is 85.2 Å². The van der Waals surface area contributed by atoms with Gasteiger partial charge in [0.25, 0.3) is 0 Å². The van der Waals surface area contributed by atoms with Crippen molar-refractivity contribution in [3.05, 3.63) is 24.0 Å². The van der Waals surface area contributed by atoms with Crippen LogP contribution in [0.25, 0.3) is 0 Å². The van der Waals surface area contributed by atoms with E-state index in [0.717, 1.165) is 0 Å². The number of aliphatic hydroxyl groups excluding tert-OH is 1. The van der Waals surface area contributed by atoms with Crippen LogP contribution in [0.15, 0.2) is 29.1 Å². The van der Waals surface area contributed by atoms with Crippen molar-refractivity contribution < 1.29 is 55.3 Å². The largest absolute Gasteiger partial charge is 1.00 e. The molecule has 7 heteroatoms. The second-order valence-corrected chi connectivity index (χ2v) is 6.18. The molecule has 0 amide bonds. The average molecular weight is 347 g/mol. The molecule has 0 heterocycles. The van der Waals surface area contributed by atoms with Crippen LogP contribution in [-0.4, -0.2) is 36.3 Å². The van der Waals surface area contributed by atoms with Crippen LogP contribution in [-0.2, 0) is 19.2 Å². The Morgan fingerprint density at radius 2 is 2.17 bits per heavy atom. The summed E-state index contributed by atoms with van der Waals surface area (Å²) in [6.07, 6.45) is 2.82. The molecule has 0 aliphatic heterocycles. The van der Waals surface area contributed by atoms with E-state index in [1.807, 2.05) is 6.92 Å². The number of nitrogens with zero attached hydrogens (tertiary/aromatic N) is 1. The summed E-state index contributed by atoms with van der Waals surface area (Å²) < 4.78 is 4.79. The molecule has 130 valence electrons. The van der Waals surface area contributed by atoms with Gasteiger partial charge >= 0.3 is 35.5 Å². The van der Waals surface area contributed by atoms with Gasteiger partial charge < -0.3 is 16.1 Å². The predicted octanol–water partition coefficient (Wildman–Crippen LogP) is 0.0619. The van der Waals surface area contributed by atoms with Crippen LogP contribution >= 0.6 is 0 Å². The standard InChI is InChI=1S/C17H25NO5.Na.H/c1-6-8-11(18-23-9-7-2)13-12(19)10-17(3,4)14(15(13)20)16(21)22-5;;/h7,14,20H,2,6,8-10H2,1,3-5H3;;/q;+1;-1/b18-11-;;. The summed E-state index contributed by atoms with van der Waals surface area (Å²) in [5.41, 5.74) is -0.302. The molecule has 0 saturated carbocycles. The van der Waals surface area contributed by atoms with E-state index in [1.165, 1.54) is 13.2 Å². The number of ketones is 1. The second kappa shape index (κ2) is 10.0. The molecule has 1 rings (SSSR count). The van der Waals surface area contributed by atoms with Crippen molar-refractivity contribution in [2.45, 2.75) is 40.0 Å². The molecule has 0 aromatic heterocycles. The van der Waals surface area contributed by atoms with Gasteiger partial charge in [-0.3, -0.25) is 9.59 Å². The molecule has 0 bridgehead atoms. The summed E-state index contributed by atoms with van der Waals surface area (Å²) in [7, 11) is 1.26. The summed E-state index contributed by atoms with van der Waals surface area (Å²) in [6, 6.07) is 0.